The van der Waals surface area contributed by atoms with Gasteiger partial charge in [-0.3, -0.25) is 0 Å². The second kappa shape index (κ2) is 3.99. The van der Waals surface area contributed by atoms with Gasteiger partial charge in [-0.25, -0.2) is 0 Å². The van der Waals surface area contributed by atoms with Gasteiger partial charge < -0.3 is 4.52 Å². The van der Waals surface area contributed by atoms with Crippen molar-refractivity contribution in [3.63, 3.8) is 0 Å². The first-order chi connectivity index (χ1) is 5.18. The molecule has 3 heteroatoms. The van der Waals surface area contributed by atoms with Crippen molar-refractivity contribution in [1.29, 1.82) is 0 Å². The van der Waals surface area contributed by atoms with Gasteiger partial charge in [0.15, 0.2) is 0 Å². The summed E-state index contributed by atoms with van der Waals surface area (Å²) in [6.45, 7) is 4.15. The molecule has 60 valence electrons. The molecule has 0 saturated carbocycles. The fourth-order valence-electron chi connectivity index (χ4n) is 0.718. The molecule has 0 fully saturated rings. The maximum absolute atomic E-state index is 5.50. The highest BCUT2D eigenvalue weighted by Crippen LogP contribution is 2.29. The summed E-state index contributed by atoms with van der Waals surface area (Å²) in [5.74, 6) is 0.930. The number of thiol groups is 1. The lowest BCUT2D eigenvalue weighted by atomic mass is 10.3. The lowest BCUT2D eigenvalue weighted by Crippen LogP contribution is -1.82. The van der Waals surface area contributed by atoms with Crippen LogP contribution in [-0.4, -0.2) is 13.3 Å². The minimum atomic E-state index is -0.311. The van der Waals surface area contributed by atoms with Gasteiger partial charge >= 0.3 is 0 Å². The molecule has 1 aromatic rings. The Balaban J connectivity index is 2.66. The molecule has 0 saturated heterocycles. The minimum Gasteiger partial charge on any atom is -0.475 e. The van der Waals surface area contributed by atoms with Crippen LogP contribution in [0.4, 0.5) is 0 Å². The Bertz CT molecular complexity index is 220. The van der Waals surface area contributed by atoms with Crippen molar-refractivity contribution in [3.8, 4) is 5.75 Å². The average Bonchev–Trinajstić information content (AvgIpc) is 1.93. The van der Waals surface area contributed by atoms with Crippen LogP contribution in [-0.2, 0) is 0 Å². The van der Waals surface area contributed by atoms with Crippen molar-refractivity contribution in [1.82, 2.24) is 0 Å². The third-order valence-electron chi connectivity index (χ3n) is 1.12. The lowest BCUT2D eigenvalue weighted by molar-refractivity contribution is 0.622. The molecule has 11 heavy (non-hydrogen) atoms. The fraction of sp³-hybridized carbons (Fsp3) is 0.250. The number of hydrogen-bond acceptors (Lipinski definition) is 2. The maximum atomic E-state index is 5.50. The number of hydrogen-bond donors (Lipinski definition) is 1. The third-order valence-corrected chi connectivity index (χ3v) is 2.00. The molecule has 0 bridgehead atoms. The van der Waals surface area contributed by atoms with E-state index in [1.807, 2.05) is 24.3 Å². The van der Waals surface area contributed by atoms with Crippen LogP contribution in [0.3, 0.4) is 0 Å². The Hall–Kier alpha value is -0.200. The van der Waals surface area contributed by atoms with Crippen molar-refractivity contribution in [2.45, 2.75) is 4.90 Å². The topological polar surface area (TPSA) is 9.23 Å². The second-order valence-corrected chi connectivity index (χ2v) is 4.72. The summed E-state index contributed by atoms with van der Waals surface area (Å²) in [7, 11) is -0.311. The van der Waals surface area contributed by atoms with Crippen LogP contribution in [0.2, 0.25) is 0 Å². The Morgan fingerprint density at radius 2 is 1.73 bits per heavy atom. The molecule has 1 nitrogen and oxygen atoms in total. The van der Waals surface area contributed by atoms with Crippen LogP contribution >= 0.6 is 20.8 Å². The normalized spacial score (nSPS) is 10.2. The van der Waals surface area contributed by atoms with Crippen LogP contribution in [0.1, 0.15) is 0 Å². The molecule has 1 aromatic carbocycles. The van der Waals surface area contributed by atoms with Gasteiger partial charge in [-0.05, 0) is 37.6 Å². The van der Waals surface area contributed by atoms with E-state index < -0.39 is 0 Å². The first-order valence-electron chi connectivity index (χ1n) is 3.33. The van der Waals surface area contributed by atoms with E-state index in [9.17, 15) is 0 Å². The molecular weight excluding hydrogens is 175 g/mol. The highest BCUT2D eigenvalue weighted by Gasteiger charge is 1.95. The molecule has 0 aromatic heterocycles. The fourth-order valence-corrected chi connectivity index (χ4v) is 1.41. The van der Waals surface area contributed by atoms with Crippen LogP contribution < -0.4 is 4.52 Å². The molecule has 0 aliphatic carbocycles. The summed E-state index contributed by atoms with van der Waals surface area (Å²) in [5, 5.41) is 0. The van der Waals surface area contributed by atoms with Gasteiger partial charge in [-0.15, -0.1) is 12.6 Å². The Labute approximate surface area is 74.0 Å². The van der Waals surface area contributed by atoms with Gasteiger partial charge in [-0.1, -0.05) is 0 Å². The molecule has 0 atom stereocenters. The van der Waals surface area contributed by atoms with Crippen molar-refractivity contribution in [2.24, 2.45) is 0 Å². The van der Waals surface area contributed by atoms with Crippen molar-refractivity contribution >= 4 is 20.8 Å². The largest absolute Gasteiger partial charge is 0.475 e. The Kier molecular flexibility index (Phi) is 3.22. The molecule has 0 heterocycles. The summed E-state index contributed by atoms with van der Waals surface area (Å²) in [6, 6.07) is 7.73. The average molecular weight is 186 g/mol. The van der Waals surface area contributed by atoms with Crippen LogP contribution in [0.25, 0.3) is 0 Å². The van der Waals surface area contributed by atoms with Crippen molar-refractivity contribution in [2.75, 3.05) is 13.3 Å². The van der Waals surface area contributed by atoms with Gasteiger partial charge in [0.25, 0.3) is 0 Å². The summed E-state index contributed by atoms with van der Waals surface area (Å²) in [6.07, 6.45) is 0. The zero-order chi connectivity index (χ0) is 8.27. The van der Waals surface area contributed by atoms with Gasteiger partial charge in [0, 0.05) is 4.90 Å². The maximum Gasteiger partial charge on any atom is 0.123 e. The predicted octanol–water partition coefficient (Wildman–Crippen LogP) is 3.01. The van der Waals surface area contributed by atoms with Crippen LogP contribution in [0, 0.1) is 0 Å². The summed E-state index contributed by atoms with van der Waals surface area (Å²) in [4.78, 5) is 0.967. The van der Waals surface area contributed by atoms with Crippen molar-refractivity contribution in [3.05, 3.63) is 24.3 Å². The first kappa shape index (κ1) is 8.89. The second-order valence-electron chi connectivity index (χ2n) is 2.40. The van der Waals surface area contributed by atoms with Crippen LogP contribution in [0.5, 0.6) is 5.75 Å². The van der Waals surface area contributed by atoms with E-state index in [1.54, 1.807) is 0 Å². The molecule has 1 rings (SSSR count). The molecule has 0 unspecified atom stereocenters. The molecule has 0 spiro atoms. The molecule has 0 amide bonds. The number of rotatable bonds is 2. The minimum absolute atomic E-state index is 0.311. The van der Waals surface area contributed by atoms with Crippen molar-refractivity contribution < 1.29 is 4.52 Å². The highest BCUT2D eigenvalue weighted by molar-refractivity contribution is 7.80. The van der Waals surface area contributed by atoms with Crippen LogP contribution in [0.15, 0.2) is 29.2 Å². The standard InChI is InChI=1S/C8H11OPS/c1-10(2)9-7-3-5-8(11)6-4-7/h3-6,11H,1-2H3. The predicted molar refractivity (Wildman–Crippen MR) is 53.1 cm³/mol. The van der Waals surface area contributed by atoms with Gasteiger partial charge in [-0.2, -0.15) is 0 Å². The molecular formula is C8H11OPS. The summed E-state index contributed by atoms with van der Waals surface area (Å²) in [5.41, 5.74) is 0. The Morgan fingerprint density at radius 1 is 1.18 bits per heavy atom. The highest BCUT2D eigenvalue weighted by atomic mass is 32.1. The monoisotopic (exact) mass is 186 g/mol. The van der Waals surface area contributed by atoms with E-state index in [-0.39, 0.29) is 8.15 Å². The molecule has 0 N–H and O–H groups in total. The van der Waals surface area contributed by atoms with Gasteiger partial charge in [0.2, 0.25) is 0 Å². The SMILES string of the molecule is CP(C)Oc1ccc(S)cc1. The van der Waals surface area contributed by atoms with Gasteiger partial charge in [0.05, 0.1) is 8.15 Å². The molecule has 0 radical (unpaired) electrons. The quantitative estimate of drug-likeness (QED) is 0.551. The molecule has 0 aliphatic rings. The Morgan fingerprint density at radius 3 is 2.18 bits per heavy atom. The lowest BCUT2D eigenvalue weighted by Gasteiger charge is -2.08. The molecule has 0 aliphatic heterocycles. The zero-order valence-electron chi connectivity index (χ0n) is 6.61. The smallest absolute Gasteiger partial charge is 0.123 e. The summed E-state index contributed by atoms with van der Waals surface area (Å²) < 4.78 is 5.50. The summed E-state index contributed by atoms with van der Waals surface area (Å²) >= 11 is 4.17. The van der Waals surface area contributed by atoms with E-state index in [1.165, 1.54) is 0 Å². The van der Waals surface area contributed by atoms with E-state index >= 15 is 0 Å². The van der Waals surface area contributed by atoms with Gasteiger partial charge in [0.1, 0.15) is 5.75 Å². The van der Waals surface area contributed by atoms with E-state index in [0.717, 1.165) is 10.6 Å². The zero-order valence-corrected chi connectivity index (χ0v) is 8.40. The third kappa shape index (κ3) is 3.13. The van der Waals surface area contributed by atoms with E-state index in [2.05, 4.69) is 26.0 Å². The van der Waals surface area contributed by atoms with E-state index in [0.29, 0.717) is 0 Å². The van der Waals surface area contributed by atoms with E-state index in [4.69, 9.17) is 4.52 Å². The number of benzene rings is 1. The first-order valence-corrected chi connectivity index (χ1v) is 5.93.